The van der Waals surface area contributed by atoms with Gasteiger partial charge in [0.1, 0.15) is 5.75 Å². The SMILES string of the molecule is Cc1cc(C)c(OCC(=O)O[C@@H](C(=O)N2CCOCC2)c2ccccc2)c(C)c1. The number of carbonyl (C=O) groups excluding carboxylic acids is 2. The van der Waals surface area contributed by atoms with E-state index in [4.69, 9.17) is 14.2 Å². The minimum atomic E-state index is -0.995. The van der Waals surface area contributed by atoms with Crippen molar-refractivity contribution in [2.75, 3.05) is 32.9 Å². The van der Waals surface area contributed by atoms with Gasteiger partial charge in [0.05, 0.1) is 13.2 Å². The number of carbonyl (C=O) groups is 2. The van der Waals surface area contributed by atoms with E-state index in [0.717, 1.165) is 16.7 Å². The molecule has 1 heterocycles. The minimum Gasteiger partial charge on any atom is -0.481 e. The van der Waals surface area contributed by atoms with Crippen LogP contribution in [0.15, 0.2) is 42.5 Å². The molecule has 6 heteroatoms. The predicted octanol–water partition coefficient (Wildman–Crippen LogP) is 3.13. The van der Waals surface area contributed by atoms with Crippen molar-refractivity contribution in [2.24, 2.45) is 0 Å². The van der Waals surface area contributed by atoms with E-state index >= 15 is 0 Å². The van der Waals surface area contributed by atoms with Crippen LogP contribution in [0.4, 0.5) is 0 Å². The molecule has 1 aliphatic heterocycles. The van der Waals surface area contributed by atoms with E-state index in [1.165, 1.54) is 0 Å². The summed E-state index contributed by atoms with van der Waals surface area (Å²) in [5, 5.41) is 0. The number of morpholine rings is 1. The Balaban J connectivity index is 1.70. The summed E-state index contributed by atoms with van der Waals surface area (Å²) >= 11 is 0. The fraction of sp³-hybridized carbons (Fsp3) is 0.391. The summed E-state index contributed by atoms with van der Waals surface area (Å²) in [6, 6.07) is 13.1. The van der Waals surface area contributed by atoms with Gasteiger partial charge < -0.3 is 19.1 Å². The van der Waals surface area contributed by atoms with E-state index in [2.05, 4.69) is 0 Å². The van der Waals surface area contributed by atoms with Gasteiger partial charge in [0, 0.05) is 18.7 Å². The third kappa shape index (κ3) is 5.35. The van der Waals surface area contributed by atoms with Gasteiger partial charge in [-0.1, -0.05) is 48.0 Å². The number of aryl methyl sites for hydroxylation is 3. The number of amides is 1. The standard InChI is InChI=1S/C23H27NO5/c1-16-13-17(2)21(18(3)14-16)28-15-20(25)29-22(19-7-5-4-6-8-19)23(26)24-9-11-27-12-10-24/h4-8,13-14,22H,9-12,15H2,1-3H3/t22-/m1/s1. The Morgan fingerprint density at radius 2 is 1.66 bits per heavy atom. The number of hydrogen-bond donors (Lipinski definition) is 0. The van der Waals surface area contributed by atoms with E-state index in [1.54, 1.807) is 17.0 Å². The van der Waals surface area contributed by atoms with E-state index in [-0.39, 0.29) is 12.5 Å². The highest BCUT2D eigenvalue weighted by atomic mass is 16.6. The first-order valence-corrected chi connectivity index (χ1v) is 9.77. The van der Waals surface area contributed by atoms with Gasteiger partial charge in [-0.15, -0.1) is 0 Å². The Morgan fingerprint density at radius 3 is 2.28 bits per heavy atom. The van der Waals surface area contributed by atoms with Gasteiger partial charge in [0.25, 0.3) is 5.91 Å². The molecule has 29 heavy (non-hydrogen) atoms. The van der Waals surface area contributed by atoms with Gasteiger partial charge in [-0.2, -0.15) is 0 Å². The summed E-state index contributed by atoms with van der Waals surface area (Å²) in [4.78, 5) is 27.2. The average Bonchev–Trinajstić information content (AvgIpc) is 2.72. The van der Waals surface area contributed by atoms with Crippen LogP contribution in [0.2, 0.25) is 0 Å². The van der Waals surface area contributed by atoms with Crippen LogP contribution >= 0.6 is 0 Å². The third-order valence-corrected chi connectivity index (χ3v) is 4.84. The maximum atomic E-state index is 13.0. The Labute approximate surface area is 171 Å². The van der Waals surface area contributed by atoms with Crippen LogP contribution in [-0.2, 0) is 19.1 Å². The van der Waals surface area contributed by atoms with E-state index < -0.39 is 12.1 Å². The first-order valence-electron chi connectivity index (χ1n) is 9.77. The zero-order valence-electron chi connectivity index (χ0n) is 17.1. The first-order chi connectivity index (χ1) is 14.0. The molecule has 2 aromatic carbocycles. The van der Waals surface area contributed by atoms with Crippen LogP contribution in [0, 0.1) is 20.8 Å². The minimum absolute atomic E-state index is 0.240. The molecular formula is C23H27NO5. The van der Waals surface area contributed by atoms with Crippen LogP contribution in [0.3, 0.4) is 0 Å². The molecule has 1 fully saturated rings. The monoisotopic (exact) mass is 397 g/mol. The van der Waals surface area contributed by atoms with Crippen molar-refractivity contribution in [3.05, 3.63) is 64.7 Å². The molecule has 1 saturated heterocycles. The molecule has 1 aliphatic rings. The quantitative estimate of drug-likeness (QED) is 0.701. The zero-order chi connectivity index (χ0) is 20.8. The number of nitrogens with zero attached hydrogens (tertiary/aromatic N) is 1. The van der Waals surface area contributed by atoms with Crippen molar-refractivity contribution < 1.29 is 23.8 Å². The number of rotatable bonds is 6. The first kappa shape index (κ1) is 20.9. The lowest BCUT2D eigenvalue weighted by Crippen LogP contribution is -2.44. The highest BCUT2D eigenvalue weighted by Gasteiger charge is 2.30. The maximum Gasteiger partial charge on any atom is 0.345 e. The number of esters is 1. The molecule has 0 radical (unpaired) electrons. The zero-order valence-corrected chi connectivity index (χ0v) is 17.1. The second-order valence-corrected chi connectivity index (χ2v) is 7.23. The largest absolute Gasteiger partial charge is 0.481 e. The highest BCUT2D eigenvalue weighted by molar-refractivity contribution is 5.85. The summed E-state index contributed by atoms with van der Waals surface area (Å²) in [6.07, 6.45) is -0.995. The number of benzene rings is 2. The molecule has 0 spiro atoms. The molecule has 2 aromatic rings. The molecule has 6 nitrogen and oxygen atoms in total. The molecule has 0 aliphatic carbocycles. The molecule has 1 atom stereocenters. The number of hydrogen-bond acceptors (Lipinski definition) is 5. The summed E-state index contributed by atoms with van der Waals surface area (Å²) in [7, 11) is 0. The van der Waals surface area contributed by atoms with Gasteiger partial charge in [0.2, 0.25) is 6.10 Å². The highest BCUT2D eigenvalue weighted by Crippen LogP contribution is 2.25. The Hall–Kier alpha value is -2.86. The lowest BCUT2D eigenvalue weighted by molar-refractivity contribution is -0.164. The Bertz CT molecular complexity index is 836. The van der Waals surface area contributed by atoms with Gasteiger partial charge in [-0.25, -0.2) is 4.79 Å². The molecule has 154 valence electrons. The molecule has 0 saturated carbocycles. The van der Waals surface area contributed by atoms with Crippen LogP contribution in [0.25, 0.3) is 0 Å². The van der Waals surface area contributed by atoms with Crippen molar-refractivity contribution in [3.8, 4) is 5.75 Å². The molecular weight excluding hydrogens is 370 g/mol. The average molecular weight is 397 g/mol. The number of ether oxygens (including phenoxy) is 3. The lowest BCUT2D eigenvalue weighted by atomic mass is 10.1. The van der Waals surface area contributed by atoms with Crippen LogP contribution in [0.1, 0.15) is 28.4 Å². The van der Waals surface area contributed by atoms with Crippen LogP contribution in [-0.4, -0.2) is 49.7 Å². The third-order valence-electron chi connectivity index (χ3n) is 4.84. The van der Waals surface area contributed by atoms with Crippen molar-refractivity contribution in [3.63, 3.8) is 0 Å². The van der Waals surface area contributed by atoms with Gasteiger partial charge >= 0.3 is 5.97 Å². The second kappa shape index (κ2) is 9.56. The molecule has 1 amide bonds. The van der Waals surface area contributed by atoms with Crippen LogP contribution < -0.4 is 4.74 Å². The predicted molar refractivity (Wildman–Crippen MR) is 109 cm³/mol. The fourth-order valence-corrected chi connectivity index (χ4v) is 3.53. The molecule has 0 unspecified atom stereocenters. The summed E-state index contributed by atoms with van der Waals surface area (Å²) in [6.45, 7) is 7.57. The van der Waals surface area contributed by atoms with Crippen molar-refractivity contribution in [1.82, 2.24) is 4.90 Å². The van der Waals surface area contributed by atoms with Crippen LogP contribution in [0.5, 0.6) is 5.75 Å². The lowest BCUT2D eigenvalue weighted by Gasteiger charge is -2.30. The topological polar surface area (TPSA) is 65.1 Å². The van der Waals surface area contributed by atoms with Crippen molar-refractivity contribution in [2.45, 2.75) is 26.9 Å². The Kier molecular flexibility index (Phi) is 6.88. The maximum absolute atomic E-state index is 13.0. The normalized spacial score (nSPS) is 14.9. The fourth-order valence-electron chi connectivity index (χ4n) is 3.53. The molecule has 0 bridgehead atoms. The summed E-state index contributed by atoms with van der Waals surface area (Å²) in [5.74, 6) is -0.154. The van der Waals surface area contributed by atoms with Gasteiger partial charge in [0.15, 0.2) is 6.61 Å². The molecule has 0 N–H and O–H groups in total. The van der Waals surface area contributed by atoms with E-state index in [1.807, 2.05) is 51.1 Å². The van der Waals surface area contributed by atoms with Crippen molar-refractivity contribution in [1.29, 1.82) is 0 Å². The van der Waals surface area contributed by atoms with Crippen molar-refractivity contribution >= 4 is 11.9 Å². The van der Waals surface area contributed by atoms with Gasteiger partial charge in [-0.3, -0.25) is 4.79 Å². The Morgan fingerprint density at radius 1 is 1.03 bits per heavy atom. The smallest absolute Gasteiger partial charge is 0.345 e. The molecule has 0 aromatic heterocycles. The second-order valence-electron chi connectivity index (χ2n) is 7.23. The summed E-state index contributed by atoms with van der Waals surface area (Å²) < 4.78 is 16.6. The van der Waals surface area contributed by atoms with E-state index in [0.29, 0.717) is 37.6 Å². The van der Waals surface area contributed by atoms with E-state index in [9.17, 15) is 9.59 Å². The molecule has 3 rings (SSSR count). The van der Waals surface area contributed by atoms with Gasteiger partial charge in [-0.05, 0) is 31.9 Å². The summed E-state index contributed by atoms with van der Waals surface area (Å²) in [5.41, 5.74) is 3.69.